The van der Waals surface area contributed by atoms with Gasteiger partial charge in [-0.25, -0.2) is 4.98 Å². The molecule has 1 fully saturated rings. The van der Waals surface area contributed by atoms with E-state index in [1.165, 1.54) is 6.08 Å². The zero-order valence-corrected chi connectivity index (χ0v) is 21.5. The van der Waals surface area contributed by atoms with Gasteiger partial charge in [-0.15, -0.1) is 0 Å². The van der Waals surface area contributed by atoms with Crippen molar-refractivity contribution in [3.8, 4) is 5.75 Å². The highest BCUT2D eigenvalue weighted by Gasteiger charge is 2.25. The summed E-state index contributed by atoms with van der Waals surface area (Å²) in [6.45, 7) is 4.36. The van der Waals surface area contributed by atoms with E-state index in [9.17, 15) is 4.79 Å². The summed E-state index contributed by atoms with van der Waals surface area (Å²) >= 11 is 6.46. The van der Waals surface area contributed by atoms with Crippen LogP contribution in [-0.2, 0) is 9.53 Å². The molecule has 2 atom stereocenters. The second-order valence-electron chi connectivity index (χ2n) is 8.64. The summed E-state index contributed by atoms with van der Waals surface area (Å²) in [4.78, 5) is 20.8. The van der Waals surface area contributed by atoms with Crippen LogP contribution in [0.15, 0.2) is 79.5 Å². The number of amides is 1. The van der Waals surface area contributed by atoms with E-state index in [4.69, 9.17) is 21.1 Å². The number of methoxy groups -OCH3 is 1. The zero-order valence-electron chi connectivity index (χ0n) is 20.7. The molecule has 1 aliphatic heterocycles. The second kappa shape index (κ2) is 11.5. The molecule has 1 aliphatic rings. The molecule has 2 unspecified atom stereocenters. The first-order chi connectivity index (χ1) is 18.5. The van der Waals surface area contributed by atoms with E-state index < -0.39 is 0 Å². The third-order valence-electron chi connectivity index (χ3n) is 6.11. The van der Waals surface area contributed by atoms with Crippen LogP contribution in [0, 0.1) is 0 Å². The number of benzene rings is 3. The fraction of sp³-hybridized carbons (Fsp3) is 0.179. The Balaban J connectivity index is 1.24. The van der Waals surface area contributed by atoms with Gasteiger partial charge in [-0.2, -0.15) is 4.98 Å². The molecule has 4 N–H and O–H groups in total. The molecule has 0 radical (unpaired) electrons. The number of anilines is 4. The van der Waals surface area contributed by atoms with Crippen molar-refractivity contribution in [1.29, 1.82) is 0 Å². The van der Waals surface area contributed by atoms with Crippen molar-refractivity contribution in [2.75, 3.05) is 36.2 Å². The molecule has 0 saturated carbocycles. The first kappa shape index (κ1) is 25.5. The van der Waals surface area contributed by atoms with E-state index in [0.29, 0.717) is 41.4 Å². The molecule has 1 saturated heterocycles. The van der Waals surface area contributed by atoms with Crippen molar-refractivity contribution in [1.82, 2.24) is 15.3 Å². The van der Waals surface area contributed by atoms with E-state index in [1.807, 2.05) is 42.5 Å². The Morgan fingerprint density at radius 3 is 2.87 bits per heavy atom. The predicted molar refractivity (Wildman–Crippen MR) is 150 cm³/mol. The van der Waals surface area contributed by atoms with Gasteiger partial charge in [-0.05, 0) is 47.9 Å². The number of morpholine rings is 1. The summed E-state index contributed by atoms with van der Waals surface area (Å²) in [6, 6.07) is 19.1. The number of hydrogen-bond acceptors (Lipinski definition) is 8. The van der Waals surface area contributed by atoms with Gasteiger partial charge in [0.05, 0.1) is 24.8 Å². The minimum Gasteiger partial charge on any atom is -0.497 e. The van der Waals surface area contributed by atoms with E-state index >= 15 is 0 Å². The number of hydrogen-bond donors (Lipinski definition) is 4. The Bertz CT molecular complexity index is 1470. The Morgan fingerprint density at radius 1 is 1.21 bits per heavy atom. The van der Waals surface area contributed by atoms with E-state index in [2.05, 4.69) is 37.8 Å². The van der Waals surface area contributed by atoms with Gasteiger partial charge in [0.15, 0.2) is 0 Å². The summed E-state index contributed by atoms with van der Waals surface area (Å²) < 4.78 is 11.5. The second-order valence-corrected chi connectivity index (χ2v) is 9.05. The van der Waals surface area contributed by atoms with Gasteiger partial charge in [0.25, 0.3) is 0 Å². The molecule has 2 heterocycles. The Labute approximate surface area is 225 Å². The van der Waals surface area contributed by atoms with Gasteiger partial charge in [-0.3, -0.25) is 10.1 Å². The molecular formula is C28H27ClN6O3. The quantitative estimate of drug-likeness (QED) is 0.228. The molecule has 0 bridgehead atoms. The van der Waals surface area contributed by atoms with Gasteiger partial charge in [0, 0.05) is 35.1 Å². The number of ether oxygens (including phenoxy) is 2. The Morgan fingerprint density at radius 2 is 2.08 bits per heavy atom. The number of nitrogens with one attached hydrogen (secondary N) is 4. The lowest BCUT2D eigenvalue weighted by Gasteiger charge is -2.32. The number of nitrogens with zero attached hydrogens (tertiary/aromatic N) is 2. The highest BCUT2D eigenvalue weighted by molar-refractivity contribution is 6.35. The lowest BCUT2D eigenvalue weighted by molar-refractivity contribution is -0.111. The molecule has 5 rings (SSSR count). The van der Waals surface area contributed by atoms with Gasteiger partial charge in [0.1, 0.15) is 17.7 Å². The minimum atomic E-state index is -0.296. The van der Waals surface area contributed by atoms with Crippen molar-refractivity contribution in [3.05, 3.63) is 90.1 Å². The maximum Gasteiger partial charge on any atom is 0.247 e. The molecule has 1 amide bonds. The van der Waals surface area contributed by atoms with Crippen LogP contribution >= 0.6 is 11.6 Å². The maximum absolute atomic E-state index is 11.9. The lowest BCUT2D eigenvalue weighted by atomic mass is 10.0. The number of halogens is 1. The van der Waals surface area contributed by atoms with Crippen molar-refractivity contribution < 1.29 is 14.3 Å². The number of carbonyl (C=O) groups excluding carboxylic acids is 1. The smallest absolute Gasteiger partial charge is 0.247 e. The van der Waals surface area contributed by atoms with Crippen LogP contribution in [0.4, 0.5) is 23.1 Å². The van der Waals surface area contributed by atoms with Gasteiger partial charge < -0.3 is 25.4 Å². The molecule has 0 aliphatic carbocycles. The van der Waals surface area contributed by atoms with Gasteiger partial charge in [0.2, 0.25) is 11.9 Å². The maximum atomic E-state index is 11.9. The van der Waals surface area contributed by atoms with Crippen molar-refractivity contribution >= 4 is 51.4 Å². The molecular weight excluding hydrogens is 504 g/mol. The molecule has 0 spiro atoms. The average Bonchev–Trinajstić information content (AvgIpc) is 2.94. The van der Waals surface area contributed by atoms with Crippen LogP contribution in [0.3, 0.4) is 0 Å². The zero-order chi connectivity index (χ0) is 26.5. The molecule has 1 aromatic heterocycles. The average molecular weight is 531 g/mol. The van der Waals surface area contributed by atoms with Crippen LogP contribution in [-0.4, -0.2) is 42.3 Å². The minimum absolute atomic E-state index is 0.214. The third kappa shape index (κ3) is 5.86. The summed E-state index contributed by atoms with van der Waals surface area (Å²) in [5.74, 6) is 1.45. The number of carbonyl (C=O) groups is 1. The fourth-order valence-electron chi connectivity index (χ4n) is 4.24. The summed E-state index contributed by atoms with van der Waals surface area (Å²) in [5.41, 5.74) is 2.28. The Kier molecular flexibility index (Phi) is 7.69. The molecule has 3 aromatic carbocycles. The fourth-order valence-corrected chi connectivity index (χ4v) is 4.53. The van der Waals surface area contributed by atoms with Crippen LogP contribution in [0.2, 0.25) is 5.02 Å². The molecule has 38 heavy (non-hydrogen) atoms. The van der Waals surface area contributed by atoms with Crippen molar-refractivity contribution in [2.45, 2.75) is 12.3 Å². The SMILES string of the molecule is C=CC(=O)Nc1ccc(OC)cc1C1CNC(Nc2nccc(Nc3cc(Cl)c4ccccc4c3)n2)CO1. The number of rotatable bonds is 8. The largest absolute Gasteiger partial charge is 0.497 e. The molecule has 4 aromatic rings. The van der Waals surface area contributed by atoms with Crippen molar-refractivity contribution in [2.24, 2.45) is 0 Å². The number of fused-ring (bicyclic) bond motifs is 1. The molecule has 194 valence electrons. The van der Waals surface area contributed by atoms with Crippen molar-refractivity contribution in [3.63, 3.8) is 0 Å². The normalized spacial score (nSPS) is 17.0. The van der Waals surface area contributed by atoms with Crippen LogP contribution in [0.5, 0.6) is 5.75 Å². The standard InChI is InChI=1S/C28H27ClN6O3/c1-3-27(36)33-23-9-8-19(37-2)14-21(23)24-15-31-26(16-38-24)35-28-30-11-10-25(34-28)32-18-12-17-6-4-5-7-20(17)22(29)13-18/h3-14,24,26,31H,1,15-16H2,2H3,(H,33,36)(H2,30,32,34,35). The van der Waals surface area contributed by atoms with Crippen LogP contribution in [0.25, 0.3) is 10.8 Å². The van der Waals surface area contributed by atoms with E-state index in [1.54, 1.807) is 31.5 Å². The predicted octanol–water partition coefficient (Wildman–Crippen LogP) is 5.26. The first-order valence-electron chi connectivity index (χ1n) is 12.0. The monoisotopic (exact) mass is 530 g/mol. The summed E-state index contributed by atoms with van der Waals surface area (Å²) in [6.07, 6.45) is 2.40. The molecule has 9 nitrogen and oxygen atoms in total. The first-order valence-corrected chi connectivity index (χ1v) is 12.4. The summed E-state index contributed by atoms with van der Waals surface area (Å²) in [7, 11) is 1.60. The van der Waals surface area contributed by atoms with Gasteiger partial charge >= 0.3 is 0 Å². The summed E-state index contributed by atoms with van der Waals surface area (Å²) in [5, 5.41) is 15.5. The van der Waals surface area contributed by atoms with E-state index in [-0.39, 0.29) is 18.2 Å². The van der Waals surface area contributed by atoms with E-state index in [0.717, 1.165) is 22.0 Å². The lowest BCUT2D eigenvalue weighted by Crippen LogP contribution is -2.47. The Hall–Kier alpha value is -4.18. The van der Waals surface area contributed by atoms with Crippen LogP contribution in [0.1, 0.15) is 11.7 Å². The highest BCUT2D eigenvalue weighted by Crippen LogP contribution is 2.32. The third-order valence-corrected chi connectivity index (χ3v) is 6.42. The highest BCUT2D eigenvalue weighted by atomic mass is 35.5. The molecule has 10 heteroatoms. The van der Waals surface area contributed by atoms with Crippen LogP contribution < -0.4 is 26.0 Å². The van der Waals surface area contributed by atoms with Gasteiger partial charge in [-0.1, -0.05) is 42.4 Å². The number of aromatic nitrogens is 2. The topological polar surface area (TPSA) is 109 Å².